The average Bonchev–Trinajstić information content (AvgIpc) is 2.59. The Balaban J connectivity index is 1.90. The number of carbonyl (C=O) groups is 1. The van der Waals surface area contributed by atoms with E-state index in [4.69, 9.17) is 4.74 Å². The van der Waals surface area contributed by atoms with E-state index in [0.717, 1.165) is 23.3 Å². The van der Waals surface area contributed by atoms with E-state index in [1.807, 2.05) is 6.07 Å². The fraction of sp³-hybridized carbons (Fsp3) is 0.708. The van der Waals surface area contributed by atoms with Crippen LogP contribution in [0.2, 0.25) is 0 Å². The lowest BCUT2D eigenvalue weighted by atomic mass is 9.66. The van der Waals surface area contributed by atoms with Crippen molar-refractivity contribution in [2.24, 2.45) is 11.8 Å². The summed E-state index contributed by atoms with van der Waals surface area (Å²) in [6.45, 7) is 11.0. The van der Waals surface area contributed by atoms with E-state index in [1.165, 1.54) is 25.7 Å². The van der Waals surface area contributed by atoms with Gasteiger partial charge in [0.05, 0.1) is 0 Å². The Morgan fingerprint density at radius 1 is 1.26 bits per heavy atom. The van der Waals surface area contributed by atoms with Crippen LogP contribution < -0.4 is 4.74 Å². The third-order valence-corrected chi connectivity index (χ3v) is 7.09. The number of Topliss-reactive ketones (excluding diaryl/α,β-unsaturated/α-hetero) is 1. The Hall–Kier alpha value is -1.51. The van der Waals surface area contributed by atoms with Crippen LogP contribution in [0.3, 0.4) is 0 Å². The van der Waals surface area contributed by atoms with Gasteiger partial charge in [0.15, 0.2) is 0 Å². The van der Waals surface area contributed by atoms with Crippen LogP contribution in [0.4, 0.5) is 0 Å². The predicted molar refractivity (Wildman–Crippen MR) is 110 cm³/mol. The lowest BCUT2D eigenvalue weighted by molar-refractivity contribution is -0.124. The smallest absolute Gasteiger partial charge is 0.133 e. The van der Waals surface area contributed by atoms with E-state index in [0.29, 0.717) is 36.2 Å². The molecule has 0 aromatic heterocycles. The molecule has 1 heterocycles. The van der Waals surface area contributed by atoms with E-state index in [1.54, 1.807) is 0 Å². The highest BCUT2D eigenvalue weighted by Crippen LogP contribution is 2.54. The summed E-state index contributed by atoms with van der Waals surface area (Å²) in [7, 11) is 0. The maximum absolute atomic E-state index is 12.1. The average molecular weight is 373 g/mol. The van der Waals surface area contributed by atoms with Crippen molar-refractivity contribution >= 4 is 5.78 Å². The van der Waals surface area contributed by atoms with Crippen LogP contribution in [0.15, 0.2) is 12.1 Å². The molecule has 0 radical (unpaired) electrons. The van der Waals surface area contributed by atoms with E-state index >= 15 is 0 Å². The molecule has 1 fully saturated rings. The Morgan fingerprint density at radius 3 is 2.70 bits per heavy atom. The monoisotopic (exact) mass is 372 g/mol. The number of hydrogen-bond acceptors (Lipinski definition) is 3. The molecule has 0 saturated heterocycles. The lowest BCUT2D eigenvalue weighted by Gasteiger charge is -2.47. The van der Waals surface area contributed by atoms with E-state index in [2.05, 4.69) is 40.7 Å². The van der Waals surface area contributed by atoms with Crippen molar-refractivity contribution in [2.75, 3.05) is 0 Å². The van der Waals surface area contributed by atoms with Crippen LogP contribution in [0.1, 0.15) is 103 Å². The van der Waals surface area contributed by atoms with Gasteiger partial charge in [0, 0.05) is 30.2 Å². The molecule has 150 valence electrons. The number of phenolic OH excluding ortho intramolecular Hbond substituents is 1. The van der Waals surface area contributed by atoms with Gasteiger partial charge < -0.3 is 9.84 Å². The number of phenols is 1. The summed E-state index contributed by atoms with van der Waals surface area (Å²) in [6, 6.07) is 4.06. The molecular weight excluding hydrogens is 336 g/mol. The van der Waals surface area contributed by atoms with Crippen LogP contribution in [0.5, 0.6) is 11.5 Å². The van der Waals surface area contributed by atoms with Crippen LogP contribution >= 0.6 is 0 Å². The summed E-state index contributed by atoms with van der Waals surface area (Å²) in [5, 5.41) is 10.9. The molecule has 0 amide bonds. The van der Waals surface area contributed by atoms with Crippen molar-refractivity contribution in [3.05, 3.63) is 23.3 Å². The van der Waals surface area contributed by atoms with Crippen molar-refractivity contribution in [3.8, 4) is 11.5 Å². The van der Waals surface area contributed by atoms with Crippen LogP contribution in [0, 0.1) is 11.8 Å². The van der Waals surface area contributed by atoms with Gasteiger partial charge in [0.2, 0.25) is 0 Å². The van der Waals surface area contributed by atoms with Crippen molar-refractivity contribution in [3.63, 3.8) is 0 Å². The first-order chi connectivity index (χ1) is 12.7. The number of ether oxygens (including phenoxy) is 1. The van der Waals surface area contributed by atoms with Crippen LogP contribution in [0.25, 0.3) is 0 Å². The first-order valence-corrected chi connectivity index (χ1v) is 10.8. The summed E-state index contributed by atoms with van der Waals surface area (Å²) in [5.41, 5.74) is 1.70. The molecule has 3 heteroatoms. The van der Waals surface area contributed by atoms with E-state index < -0.39 is 0 Å². The Morgan fingerprint density at radius 2 is 2.00 bits per heavy atom. The molecule has 0 spiro atoms. The first-order valence-electron chi connectivity index (χ1n) is 10.8. The maximum atomic E-state index is 12.1. The van der Waals surface area contributed by atoms with Gasteiger partial charge in [-0.1, -0.05) is 46.5 Å². The van der Waals surface area contributed by atoms with Gasteiger partial charge in [0.1, 0.15) is 22.9 Å². The summed E-state index contributed by atoms with van der Waals surface area (Å²) in [4.78, 5) is 12.1. The number of fused-ring (bicyclic) bond motifs is 3. The molecule has 3 nitrogen and oxygen atoms in total. The normalized spacial score (nSPS) is 25.9. The van der Waals surface area contributed by atoms with E-state index in [9.17, 15) is 9.90 Å². The van der Waals surface area contributed by atoms with Crippen LogP contribution in [-0.2, 0) is 4.79 Å². The van der Waals surface area contributed by atoms with Crippen molar-refractivity contribution < 1.29 is 14.6 Å². The molecule has 1 N–H and O–H groups in total. The Labute approximate surface area is 164 Å². The lowest BCUT2D eigenvalue weighted by Crippen LogP contribution is -2.47. The third kappa shape index (κ3) is 4.02. The number of rotatable bonds is 6. The minimum atomic E-state index is -0.306. The van der Waals surface area contributed by atoms with Gasteiger partial charge in [-0.15, -0.1) is 0 Å². The number of benzene rings is 1. The minimum Gasteiger partial charge on any atom is -0.508 e. The van der Waals surface area contributed by atoms with Gasteiger partial charge in [-0.2, -0.15) is 0 Å². The highest BCUT2D eigenvalue weighted by Gasteiger charge is 2.47. The van der Waals surface area contributed by atoms with Crippen LogP contribution in [-0.4, -0.2) is 16.5 Å². The number of ketones is 1. The molecule has 1 aromatic carbocycles. The van der Waals surface area contributed by atoms with Gasteiger partial charge in [-0.3, -0.25) is 4.79 Å². The quantitative estimate of drug-likeness (QED) is 0.593. The molecular formula is C24H36O3. The molecule has 27 heavy (non-hydrogen) atoms. The molecule has 1 aromatic rings. The molecule has 0 bridgehead atoms. The SMILES string of the molecule is CCCCCC(C)C(C)c1cc(O)c2c(c1)OC(C)(C)[C@@H]1CCC(=O)C[C@@H]21. The van der Waals surface area contributed by atoms with Gasteiger partial charge in [-0.05, 0) is 49.8 Å². The molecule has 1 aliphatic carbocycles. The zero-order valence-corrected chi connectivity index (χ0v) is 17.7. The van der Waals surface area contributed by atoms with Gasteiger partial charge in [-0.25, -0.2) is 0 Å². The second-order valence-corrected chi connectivity index (χ2v) is 9.41. The van der Waals surface area contributed by atoms with E-state index in [-0.39, 0.29) is 17.4 Å². The largest absolute Gasteiger partial charge is 0.508 e. The number of aromatic hydroxyl groups is 1. The van der Waals surface area contributed by atoms with Crippen molar-refractivity contribution in [1.82, 2.24) is 0 Å². The summed E-state index contributed by atoms with van der Waals surface area (Å²) < 4.78 is 6.40. The zero-order chi connectivity index (χ0) is 19.8. The van der Waals surface area contributed by atoms with Crippen molar-refractivity contribution in [2.45, 2.75) is 97.0 Å². The number of hydrogen-bond donors (Lipinski definition) is 1. The third-order valence-electron chi connectivity index (χ3n) is 7.09. The van der Waals surface area contributed by atoms with Gasteiger partial charge in [0.25, 0.3) is 0 Å². The highest BCUT2D eigenvalue weighted by atomic mass is 16.5. The standard InChI is InChI=1S/C24H36O3/c1-6-7-8-9-15(2)16(3)17-12-21(26)23-19-14-18(25)10-11-20(19)24(4,5)27-22(23)13-17/h12-13,15-16,19-20,26H,6-11,14H2,1-5H3/t15?,16?,19-,20-/m1/s1. The molecule has 2 aliphatic rings. The topological polar surface area (TPSA) is 46.5 Å². The molecule has 2 unspecified atom stereocenters. The summed E-state index contributed by atoms with van der Waals surface area (Å²) in [6.07, 6.45) is 7.00. The maximum Gasteiger partial charge on any atom is 0.133 e. The fourth-order valence-corrected chi connectivity index (χ4v) is 5.15. The first kappa shape index (κ1) is 20.2. The minimum absolute atomic E-state index is 0.0799. The van der Waals surface area contributed by atoms with Gasteiger partial charge >= 0.3 is 0 Å². The fourth-order valence-electron chi connectivity index (χ4n) is 5.15. The Bertz CT molecular complexity index is 691. The summed E-state index contributed by atoms with van der Waals surface area (Å²) in [5.74, 6) is 2.71. The second-order valence-electron chi connectivity index (χ2n) is 9.41. The molecule has 3 rings (SSSR count). The molecule has 1 saturated carbocycles. The Kier molecular flexibility index (Phi) is 5.88. The second kappa shape index (κ2) is 7.85. The summed E-state index contributed by atoms with van der Waals surface area (Å²) >= 11 is 0. The van der Waals surface area contributed by atoms with Crippen molar-refractivity contribution in [1.29, 1.82) is 0 Å². The highest BCUT2D eigenvalue weighted by molar-refractivity contribution is 5.81. The predicted octanol–water partition coefficient (Wildman–Crippen LogP) is 6.34. The molecule has 1 aliphatic heterocycles. The number of carbonyl (C=O) groups excluding carboxylic acids is 1. The molecule has 4 atom stereocenters. The zero-order valence-electron chi connectivity index (χ0n) is 17.7. The number of unbranched alkanes of at least 4 members (excludes halogenated alkanes) is 2.